The zero-order valence-electron chi connectivity index (χ0n) is 10.6. The second kappa shape index (κ2) is 6.16. The van der Waals surface area contributed by atoms with Crippen LogP contribution >= 0.6 is 11.8 Å². The number of ether oxygens (including phenoxy) is 2. The van der Waals surface area contributed by atoms with Gasteiger partial charge in [0.25, 0.3) is 0 Å². The van der Waals surface area contributed by atoms with Crippen LogP contribution in [0.5, 0.6) is 12.0 Å². The number of hydrogen-bond acceptors (Lipinski definition) is 7. The molecule has 0 radical (unpaired) electrons. The second-order valence-electron chi connectivity index (χ2n) is 3.45. The van der Waals surface area contributed by atoms with Gasteiger partial charge in [-0.15, -0.1) is 4.98 Å². The molecule has 1 aromatic heterocycles. The number of methoxy groups -OCH3 is 2. The van der Waals surface area contributed by atoms with Crippen LogP contribution in [0.15, 0.2) is 28.3 Å². The van der Waals surface area contributed by atoms with Gasteiger partial charge < -0.3 is 9.47 Å². The molecular formula is C12H9FN4O2S. The Hall–Kier alpha value is -2.40. The lowest BCUT2D eigenvalue weighted by Gasteiger charge is -2.05. The quantitative estimate of drug-likeness (QED) is 0.853. The molecule has 0 saturated carbocycles. The zero-order chi connectivity index (χ0) is 14.5. The first kappa shape index (κ1) is 14.0. The fourth-order valence-corrected chi connectivity index (χ4v) is 2.12. The summed E-state index contributed by atoms with van der Waals surface area (Å²) in [6, 6.07) is 6.01. The molecule has 6 nitrogen and oxygen atoms in total. The van der Waals surface area contributed by atoms with Crippen LogP contribution in [0, 0.1) is 17.1 Å². The van der Waals surface area contributed by atoms with Crippen molar-refractivity contribution < 1.29 is 13.9 Å². The summed E-state index contributed by atoms with van der Waals surface area (Å²) < 4.78 is 22.9. The summed E-state index contributed by atoms with van der Waals surface area (Å²) in [4.78, 5) is 12.5. The SMILES string of the molecule is COc1nc(OC)nc(Sc2ccc(F)cc2C#N)n1. The maximum atomic E-state index is 13.1. The Morgan fingerprint density at radius 1 is 1.15 bits per heavy atom. The minimum atomic E-state index is -0.475. The molecular weight excluding hydrogens is 283 g/mol. The summed E-state index contributed by atoms with van der Waals surface area (Å²) in [5.74, 6) is -0.475. The van der Waals surface area contributed by atoms with Crippen molar-refractivity contribution in [3.8, 4) is 18.1 Å². The number of rotatable bonds is 4. The van der Waals surface area contributed by atoms with Gasteiger partial charge in [0.05, 0.1) is 19.8 Å². The van der Waals surface area contributed by atoms with E-state index in [4.69, 9.17) is 14.7 Å². The van der Waals surface area contributed by atoms with Crippen molar-refractivity contribution in [3.63, 3.8) is 0 Å². The molecule has 0 amide bonds. The Morgan fingerprint density at radius 2 is 1.80 bits per heavy atom. The molecule has 1 aromatic carbocycles. The Morgan fingerprint density at radius 3 is 2.35 bits per heavy atom. The minimum absolute atomic E-state index is 0.0972. The van der Waals surface area contributed by atoms with Gasteiger partial charge in [-0.05, 0) is 30.0 Å². The van der Waals surface area contributed by atoms with E-state index >= 15 is 0 Å². The van der Waals surface area contributed by atoms with Gasteiger partial charge in [-0.1, -0.05) is 0 Å². The van der Waals surface area contributed by atoms with Crippen LogP contribution in [0.3, 0.4) is 0 Å². The van der Waals surface area contributed by atoms with Crippen molar-refractivity contribution in [3.05, 3.63) is 29.6 Å². The molecule has 0 atom stereocenters. The monoisotopic (exact) mass is 292 g/mol. The normalized spacial score (nSPS) is 9.90. The van der Waals surface area contributed by atoms with Crippen LogP contribution in [0.25, 0.3) is 0 Å². The van der Waals surface area contributed by atoms with Crippen molar-refractivity contribution in [2.75, 3.05) is 14.2 Å². The summed E-state index contributed by atoms with van der Waals surface area (Å²) in [5, 5.41) is 9.28. The smallest absolute Gasteiger partial charge is 0.323 e. The maximum Gasteiger partial charge on any atom is 0.323 e. The van der Waals surface area contributed by atoms with Crippen LogP contribution < -0.4 is 9.47 Å². The molecule has 20 heavy (non-hydrogen) atoms. The lowest BCUT2D eigenvalue weighted by atomic mass is 10.2. The lowest BCUT2D eigenvalue weighted by molar-refractivity contribution is 0.332. The first-order valence-corrected chi connectivity index (χ1v) is 6.19. The van der Waals surface area contributed by atoms with Gasteiger partial charge >= 0.3 is 12.0 Å². The predicted molar refractivity (Wildman–Crippen MR) is 68.2 cm³/mol. The number of nitriles is 1. The fraction of sp³-hybridized carbons (Fsp3) is 0.167. The summed E-state index contributed by atoms with van der Waals surface area (Å²) in [7, 11) is 2.84. The van der Waals surface area contributed by atoms with E-state index in [1.165, 1.54) is 26.4 Å². The Balaban J connectivity index is 2.37. The van der Waals surface area contributed by atoms with Crippen molar-refractivity contribution in [1.29, 1.82) is 5.26 Å². The van der Waals surface area contributed by atoms with Gasteiger partial charge in [0.2, 0.25) is 5.16 Å². The fourth-order valence-electron chi connectivity index (χ4n) is 1.33. The predicted octanol–water partition coefficient (Wildman–Crippen LogP) is 2.05. The third-order valence-corrected chi connectivity index (χ3v) is 3.14. The maximum absolute atomic E-state index is 13.1. The highest BCUT2D eigenvalue weighted by molar-refractivity contribution is 7.99. The molecule has 8 heteroatoms. The second-order valence-corrected chi connectivity index (χ2v) is 4.45. The Bertz CT molecular complexity index is 653. The molecule has 1 heterocycles. The van der Waals surface area contributed by atoms with Crippen molar-refractivity contribution in [2.45, 2.75) is 10.1 Å². The summed E-state index contributed by atoms with van der Waals surface area (Å²) >= 11 is 1.10. The van der Waals surface area contributed by atoms with Crippen LogP contribution in [0.1, 0.15) is 5.56 Å². The van der Waals surface area contributed by atoms with Crippen molar-refractivity contribution in [2.24, 2.45) is 0 Å². The van der Waals surface area contributed by atoms with Crippen molar-refractivity contribution in [1.82, 2.24) is 15.0 Å². The molecule has 2 rings (SSSR count). The van der Waals surface area contributed by atoms with E-state index in [2.05, 4.69) is 15.0 Å². The lowest BCUT2D eigenvalue weighted by Crippen LogP contribution is -2.00. The molecule has 0 aliphatic rings. The van der Waals surface area contributed by atoms with Gasteiger partial charge in [-0.25, -0.2) is 4.39 Å². The van der Waals surface area contributed by atoms with E-state index in [0.717, 1.165) is 17.8 Å². The molecule has 0 spiro atoms. The van der Waals surface area contributed by atoms with Gasteiger partial charge in [0.15, 0.2) is 0 Å². The molecule has 0 fully saturated rings. The van der Waals surface area contributed by atoms with Crippen LogP contribution in [-0.4, -0.2) is 29.2 Å². The number of benzene rings is 1. The highest BCUT2D eigenvalue weighted by Crippen LogP contribution is 2.29. The molecule has 2 aromatic rings. The van der Waals surface area contributed by atoms with E-state index in [1.807, 2.05) is 6.07 Å². The van der Waals surface area contributed by atoms with E-state index < -0.39 is 5.82 Å². The summed E-state index contributed by atoms with van der Waals surface area (Å²) in [6.45, 7) is 0. The largest absolute Gasteiger partial charge is 0.467 e. The van der Waals surface area contributed by atoms with Gasteiger partial charge in [-0.3, -0.25) is 0 Å². The first-order valence-electron chi connectivity index (χ1n) is 5.38. The average molecular weight is 292 g/mol. The van der Waals surface area contributed by atoms with Crippen LogP contribution in [0.2, 0.25) is 0 Å². The number of aromatic nitrogens is 3. The molecule has 0 aliphatic heterocycles. The molecule has 102 valence electrons. The highest BCUT2D eigenvalue weighted by Gasteiger charge is 2.11. The van der Waals surface area contributed by atoms with E-state index in [1.54, 1.807) is 0 Å². The molecule has 0 saturated heterocycles. The van der Waals surface area contributed by atoms with Crippen LogP contribution in [0.4, 0.5) is 4.39 Å². The molecule has 0 N–H and O–H groups in total. The van der Waals surface area contributed by atoms with Gasteiger partial charge in [-0.2, -0.15) is 15.2 Å². The average Bonchev–Trinajstić information content (AvgIpc) is 2.48. The third kappa shape index (κ3) is 3.13. The van der Waals surface area contributed by atoms with E-state index in [0.29, 0.717) is 4.90 Å². The molecule has 0 unspecified atom stereocenters. The van der Waals surface area contributed by atoms with E-state index in [9.17, 15) is 4.39 Å². The Kier molecular flexibility index (Phi) is 4.32. The van der Waals surface area contributed by atoms with Crippen molar-refractivity contribution >= 4 is 11.8 Å². The Labute approximate surface area is 118 Å². The minimum Gasteiger partial charge on any atom is -0.467 e. The summed E-state index contributed by atoms with van der Waals surface area (Å²) in [5.41, 5.74) is 0.202. The number of nitrogens with zero attached hydrogens (tertiary/aromatic N) is 4. The van der Waals surface area contributed by atoms with Crippen LogP contribution in [-0.2, 0) is 0 Å². The topological polar surface area (TPSA) is 80.9 Å². The van der Waals surface area contributed by atoms with E-state index in [-0.39, 0.29) is 22.7 Å². The molecule has 0 bridgehead atoms. The zero-order valence-corrected chi connectivity index (χ0v) is 11.4. The standard InChI is InChI=1S/C12H9FN4O2S/c1-18-10-15-11(19-2)17-12(16-10)20-9-4-3-8(13)5-7(9)6-14/h3-5H,1-2H3. The number of halogens is 1. The molecule has 0 aliphatic carbocycles. The summed E-state index contributed by atoms with van der Waals surface area (Å²) in [6.07, 6.45) is 0. The van der Waals surface area contributed by atoms with Gasteiger partial charge in [0, 0.05) is 4.90 Å². The highest BCUT2D eigenvalue weighted by atomic mass is 32.2. The number of hydrogen-bond donors (Lipinski definition) is 0. The first-order chi connectivity index (χ1) is 9.66. The van der Waals surface area contributed by atoms with Gasteiger partial charge in [0.1, 0.15) is 11.9 Å². The third-order valence-electron chi connectivity index (χ3n) is 2.20.